The fourth-order valence-corrected chi connectivity index (χ4v) is 1.47. The third-order valence-electron chi connectivity index (χ3n) is 2.39. The third-order valence-corrected chi connectivity index (χ3v) is 2.39. The van der Waals surface area contributed by atoms with Crippen molar-refractivity contribution in [1.82, 2.24) is 0 Å². The third kappa shape index (κ3) is 6.26. The number of rotatable bonds is 9. The van der Waals surface area contributed by atoms with Gasteiger partial charge in [0.25, 0.3) is 0 Å². The van der Waals surface area contributed by atoms with Gasteiger partial charge in [0.15, 0.2) is 0 Å². The van der Waals surface area contributed by atoms with Crippen LogP contribution in [0.5, 0.6) is 0 Å². The molecule has 0 aromatic heterocycles. The Hall–Kier alpha value is -1.10. The Morgan fingerprint density at radius 2 is 1.88 bits per heavy atom. The molecular weight excluding hydrogens is 216 g/mol. The molecule has 0 amide bonds. The first-order valence-corrected chi connectivity index (χ1v) is 5.96. The molecule has 0 aliphatic heterocycles. The molecule has 0 aliphatic rings. The molecule has 1 aromatic rings. The molecule has 0 saturated heterocycles. The molecule has 0 aliphatic carbocycles. The van der Waals surface area contributed by atoms with Crippen molar-refractivity contribution in [3.63, 3.8) is 0 Å². The first-order valence-electron chi connectivity index (χ1n) is 5.96. The molecule has 17 heavy (non-hydrogen) atoms. The number of hydrogen-bond donors (Lipinski definition) is 2. The lowest BCUT2D eigenvalue weighted by molar-refractivity contribution is 0.0759. The first kappa shape index (κ1) is 14.0. The zero-order valence-electron chi connectivity index (χ0n) is 10.4. The first-order chi connectivity index (χ1) is 8.36. The number of anilines is 1. The highest BCUT2D eigenvalue weighted by molar-refractivity contribution is 5.44. The summed E-state index contributed by atoms with van der Waals surface area (Å²) in [6, 6.07) is 8.34. The van der Waals surface area contributed by atoms with Gasteiger partial charge in [-0.1, -0.05) is 12.1 Å². The number of methoxy groups -OCH3 is 1. The SMILES string of the molecule is COCCOCCNc1ccc(CCN)cc1. The summed E-state index contributed by atoms with van der Waals surface area (Å²) in [5.74, 6) is 0. The van der Waals surface area contributed by atoms with Gasteiger partial charge >= 0.3 is 0 Å². The van der Waals surface area contributed by atoms with Crippen molar-refractivity contribution in [2.75, 3.05) is 45.3 Å². The maximum Gasteiger partial charge on any atom is 0.0701 e. The highest BCUT2D eigenvalue weighted by atomic mass is 16.5. The fourth-order valence-electron chi connectivity index (χ4n) is 1.47. The highest BCUT2D eigenvalue weighted by Crippen LogP contribution is 2.09. The van der Waals surface area contributed by atoms with Crippen molar-refractivity contribution < 1.29 is 9.47 Å². The molecule has 96 valence electrons. The van der Waals surface area contributed by atoms with Crippen molar-refractivity contribution in [1.29, 1.82) is 0 Å². The van der Waals surface area contributed by atoms with E-state index in [-0.39, 0.29) is 0 Å². The minimum atomic E-state index is 0.646. The van der Waals surface area contributed by atoms with Gasteiger partial charge in [0.05, 0.1) is 19.8 Å². The lowest BCUT2D eigenvalue weighted by Crippen LogP contribution is -2.12. The van der Waals surface area contributed by atoms with Gasteiger partial charge < -0.3 is 20.5 Å². The van der Waals surface area contributed by atoms with Crippen LogP contribution < -0.4 is 11.1 Å². The summed E-state index contributed by atoms with van der Waals surface area (Å²) in [5, 5.41) is 3.29. The number of hydrogen-bond acceptors (Lipinski definition) is 4. The van der Waals surface area contributed by atoms with E-state index in [9.17, 15) is 0 Å². The number of ether oxygens (including phenoxy) is 2. The van der Waals surface area contributed by atoms with Gasteiger partial charge in [-0.15, -0.1) is 0 Å². The molecule has 3 N–H and O–H groups in total. The van der Waals surface area contributed by atoms with Crippen LogP contribution in [0.25, 0.3) is 0 Å². The molecule has 0 atom stereocenters. The van der Waals surface area contributed by atoms with Gasteiger partial charge in [0, 0.05) is 19.3 Å². The second kappa shape index (κ2) is 8.98. The lowest BCUT2D eigenvalue weighted by Gasteiger charge is -2.08. The summed E-state index contributed by atoms with van der Waals surface area (Å²) in [6.45, 7) is 3.48. The summed E-state index contributed by atoms with van der Waals surface area (Å²) in [5.41, 5.74) is 7.88. The Balaban J connectivity index is 2.14. The summed E-state index contributed by atoms with van der Waals surface area (Å²) in [4.78, 5) is 0. The van der Waals surface area contributed by atoms with Gasteiger partial charge in [-0.05, 0) is 30.7 Å². The van der Waals surface area contributed by atoms with Crippen LogP contribution in [-0.2, 0) is 15.9 Å². The Kier molecular flexibility index (Phi) is 7.38. The summed E-state index contributed by atoms with van der Waals surface area (Å²) >= 11 is 0. The molecule has 1 aromatic carbocycles. The van der Waals surface area contributed by atoms with Gasteiger partial charge in [-0.25, -0.2) is 0 Å². The molecule has 4 nitrogen and oxygen atoms in total. The Bertz CT molecular complexity index is 288. The maximum atomic E-state index is 5.49. The predicted octanol–water partition coefficient (Wildman–Crippen LogP) is 1.26. The van der Waals surface area contributed by atoms with Crippen LogP contribution in [0.2, 0.25) is 0 Å². The fraction of sp³-hybridized carbons (Fsp3) is 0.538. The molecule has 0 heterocycles. The monoisotopic (exact) mass is 238 g/mol. The average molecular weight is 238 g/mol. The Labute approximate surface area is 103 Å². The second-order valence-corrected chi connectivity index (χ2v) is 3.77. The average Bonchev–Trinajstić information content (AvgIpc) is 2.36. The van der Waals surface area contributed by atoms with Crippen LogP contribution in [0.1, 0.15) is 5.56 Å². The van der Waals surface area contributed by atoms with Crippen molar-refractivity contribution in [2.24, 2.45) is 5.73 Å². The Morgan fingerprint density at radius 3 is 2.53 bits per heavy atom. The number of nitrogens with one attached hydrogen (secondary N) is 1. The minimum Gasteiger partial charge on any atom is -0.383 e. The molecule has 0 radical (unpaired) electrons. The summed E-state index contributed by atoms with van der Waals surface area (Å²) in [6.07, 6.45) is 0.931. The summed E-state index contributed by atoms with van der Waals surface area (Å²) < 4.78 is 10.2. The molecule has 4 heteroatoms. The van der Waals surface area contributed by atoms with Crippen LogP contribution in [-0.4, -0.2) is 40.0 Å². The summed E-state index contributed by atoms with van der Waals surface area (Å²) in [7, 11) is 1.67. The molecular formula is C13H22N2O2. The molecule has 0 unspecified atom stereocenters. The minimum absolute atomic E-state index is 0.646. The van der Waals surface area contributed by atoms with Crippen molar-refractivity contribution in [3.8, 4) is 0 Å². The van der Waals surface area contributed by atoms with Crippen LogP contribution in [0, 0.1) is 0 Å². The van der Waals surface area contributed by atoms with E-state index in [0.29, 0.717) is 26.4 Å². The quantitative estimate of drug-likeness (QED) is 0.636. The molecule has 1 rings (SSSR count). The number of benzene rings is 1. The number of nitrogens with two attached hydrogens (primary N) is 1. The standard InChI is InChI=1S/C13H22N2O2/c1-16-10-11-17-9-8-15-13-4-2-12(3-5-13)6-7-14/h2-5,15H,6-11,14H2,1H3. The molecule has 0 saturated carbocycles. The van der Waals surface area contributed by atoms with Gasteiger partial charge in [0.2, 0.25) is 0 Å². The zero-order valence-corrected chi connectivity index (χ0v) is 10.4. The normalized spacial score (nSPS) is 10.5. The van der Waals surface area contributed by atoms with Crippen LogP contribution in [0.4, 0.5) is 5.69 Å². The van der Waals surface area contributed by atoms with Crippen LogP contribution >= 0.6 is 0 Å². The van der Waals surface area contributed by atoms with E-state index in [1.165, 1.54) is 5.56 Å². The largest absolute Gasteiger partial charge is 0.383 e. The smallest absolute Gasteiger partial charge is 0.0701 e. The van der Waals surface area contributed by atoms with E-state index < -0.39 is 0 Å². The van der Waals surface area contributed by atoms with Crippen molar-refractivity contribution in [2.45, 2.75) is 6.42 Å². The molecule has 0 spiro atoms. The van der Waals surface area contributed by atoms with E-state index in [2.05, 4.69) is 29.6 Å². The van der Waals surface area contributed by atoms with Gasteiger partial charge in [-0.2, -0.15) is 0 Å². The zero-order chi connectivity index (χ0) is 12.3. The van der Waals surface area contributed by atoms with Crippen LogP contribution in [0.15, 0.2) is 24.3 Å². The van der Waals surface area contributed by atoms with Gasteiger partial charge in [-0.3, -0.25) is 0 Å². The second-order valence-electron chi connectivity index (χ2n) is 3.77. The predicted molar refractivity (Wildman–Crippen MR) is 70.4 cm³/mol. The van der Waals surface area contributed by atoms with E-state index >= 15 is 0 Å². The molecule has 0 fully saturated rings. The lowest BCUT2D eigenvalue weighted by atomic mass is 10.1. The van der Waals surface area contributed by atoms with Crippen molar-refractivity contribution in [3.05, 3.63) is 29.8 Å². The Morgan fingerprint density at radius 1 is 1.12 bits per heavy atom. The molecule has 0 bridgehead atoms. The van der Waals surface area contributed by atoms with E-state index in [4.69, 9.17) is 15.2 Å². The van der Waals surface area contributed by atoms with Crippen molar-refractivity contribution >= 4 is 5.69 Å². The highest BCUT2D eigenvalue weighted by Gasteiger charge is 1.94. The van der Waals surface area contributed by atoms with Crippen LogP contribution in [0.3, 0.4) is 0 Å². The van der Waals surface area contributed by atoms with Gasteiger partial charge in [0.1, 0.15) is 0 Å². The van der Waals surface area contributed by atoms with E-state index in [0.717, 1.165) is 18.7 Å². The van der Waals surface area contributed by atoms with E-state index in [1.807, 2.05) is 0 Å². The maximum absolute atomic E-state index is 5.49. The van der Waals surface area contributed by atoms with E-state index in [1.54, 1.807) is 7.11 Å². The topological polar surface area (TPSA) is 56.5 Å².